The van der Waals surface area contributed by atoms with Gasteiger partial charge in [0, 0.05) is 17.1 Å². The lowest BCUT2D eigenvalue weighted by Gasteiger charge is -2.17. The number of anilines is 1. The van der Waals surface area contributed by atoms with Crippen LogP contribution in [0.1, 0.15) is 21.0 Å². The second-order valence-electron chi connectivity index (χ2n) is 5.19. The van der Waals surface area contributed by atoms with Gasteiger partial charge in [0.15, 0.2) is 0 Å². The number of hydrogen-bond acceptors (Lipinski definition) is 3. The first kappa shape index (κ1) is 14.7. The van der Waals surface area contributed by atoms with Gasteiger partial charge in [0.05, 0.1) is 4.88 Å². The van der Waals surface area contributed by atoms with E-state index in [4.69, 9.17) is 0 Å². The summed E-state index contributed by atoms with van der Waals surface area (Å²) in [6, 6.07) is 8.89. The molecular weight excluding hydrogens is 303 g/mol. The third kappa shape index (κ3) is 2.87. The zero-order valence-corrected chi connectivity index (χ0v) is 12.8. The number of aryl methyl sites for hydroxylation is 1. The van der Waals surface area contributed by atoms with Crippen LogP contribution < -0.4 is 10.2 Å². The maximum absolute atomic E-state index is 12.9. The van der Waals surface area contributed by atoms with Crippen molar-refractivity contribution < 1.29 is 14.0 Å². The summed E-state index contributed by atoms with van der Waals surface area (Å²) >= 11 is 1.40. The fourth-order valence-corrected chi connectivity index (χ4v) is 3.25. The Morgan fingerprint density at radius 1 is 1.27 bits per heavy atom. The number of rotatable bonds is 3. The highest BCUT2D eigenvalue weighted by molar-refractivity contribution is 7.13. The minimum absolute atomic E-state index is 0.159. The Balaban J connectivity index is 1.68. The quantitative estimate of drug-likeness (QED) is 0.946. The molecule has 0 saturated carbocycles. The predicted octanol–water partition coefficient (Wildman–Crippen LogP) is 2.73. The minimum Gasteiger partial charge on any atom is -0.339 e. The molecule has 1 aromatic heterocycles. The van der Waals surface area contributed by atoms with Crippen molar-refractivity contribution in [1.82, 2.24) is 5.32 Å². The minimum atomic E-state index is -0.528. The molecule has 0 unspecified atom stereocenters. The first-order valence-corrected chi connectivity index (χ1v) is 7.80. The van der Waals surface area contributed by atoms with E-state index in [1.54, 1.807) is 23.1 Å². The Kier molecular flexibility index (Phi) is 3.94. The number of halogens is 1. The Morgan fingerprint density at radius 2 is 2.00 bits per heavy atom. The zero-order valence-electron chi connectivity index (χ0n) is 12.0. The summed E-state index contributed by atoms with van der Waals surface area (Å²) in [5, 5.41) is 2.78. The molecule has 0 radical (unpaired) electrons. The van der Waals surface area contributed by atoms with Crippen LogP contribution in [-0.2, 0) is 4.79 Å². The summed E-state index contributed by atoms with van der Waals surface area (Å²) in [5.41, 5.74) is 0.648. The number of nitrogens with one attached hydrogen (secondary N) is 1. The topological polar surface area (TPSA) is 49.4 Å². The van der Waals surface area contributed by atoms with E-state index in [0.29, 0.717) is 23.5 Å². The van der Waals surface area contributed by atoms with E-state index in [0.717, 1.165) is 4.88 Å². The van der Waals surface area contributed by atoms with Crippen molar-refractivity contribution in [3.05, 3.63) is 52.0 Å². The number of thiophene rings is 1. The smallest absolute Gasteiger partial charge is 0.262 e. The second-order valence-corrected chi connectivity index (χ2v) is 6.48. The van der Waals surface area contributed by atoms with Gasteiger partial charge in [0.1, 0.15) is 11.9 Å². The summed E-state index contributed by atoms with van der Waals surface area (Å²) in [6.07, 6.45) is 0.548. The molecule has 2 aromatic rings. The van der Waals surface area contributed by atoms with Crippen molar-refractivity contribution in [2.75, 3.05) is 11.4 Å². The molecule has 0 aliphatic carbocycles. The van der Waals surface area contributed by atoms with Gasteiger partial charge in [-0.2, -0.15) is 0 Å². The third-order valence-electron chi connectivity index (χ3n) is 3.61. The van der Waals surface area contributed by atoms with E-state index in [1.165, 1.54) is 23.5 Å². The Labute approximate surface area is 131 Å². The maximum Gasteiger partial charge on any atom is 0.262 e. The largest absolute Gasteiger partial charge is 0.339 e. The zero-order chi connectivity index (χ0) is 15.7. The van der Waals surface area contributed by atoms with Gasteiger partial charge in [0.2, 0.25) is 5.91 Å². The molecule has 6 heteroatoms. The summed E-state index contributed by atoms with van der Waals surface area (Å²) < 4.78 is 12.9. The number of carbonyl (C=O) groups is 2. The van der Waals surface area contributed by atoms with Crippen molar-refractivity contribution >= 4 is 28.8 Å². The fourth-order valence-electron chi connectivity index (χ4n) is 2.48. The lowest BCUT2D eigenvalue weighted by atomic mass is 10.2. The Hall–Kier alpha value is -2.21. The standard InChI is InChI=1S/C16H15FN2O2S/c1-10-2-7-14(22-10)15(20)18-13-8-9-19(16(13)21)12-5-3-11(17)4-6-12/h2-7,13H,8-9H2,1H3,(H,18,20)/t13-/m0/s1. The van der Waals surface area contributed by atoms with Crippen LogP contribution in [0.3, 0.4) is 0 Å². The molecule has 1 saturated heterocycles. The summed E-state index contributed by atoms with van der Waals surface area (Å²) in [7, 11) is 0. The molecule has 4 nitrogen and oxygen atoms in total. The average molecular weight is 318 g/mol. The second kappa shape index (κ2) is 5.88. The van der Waals surface area contributed by atoms with Gasteiger partial charge in [0.25, 0.3) is 5.91 Å². The van der Waals surface area contributed by atoms with Gasteiger partial charge in [-0.1, -0.05) is 0 Å². The van der Waals surface area contributed by atoms with E-state index in [9.17, 15) is 14.0 Å². The molecule has 3 rings (SSSR count). The summed E-state index contributed by atoms with van der Waals surface area (Å²) in [6.45, 7) is 2.44. The van der Waals surface area contributed by atoms with Crippen molar-refractivity contribution in [3.8, 4) is 0 Å². The van der Waals surface area contributed by atoms with Crippen LogP contribution in [0.15, 0.2) is 36.4 Å². The first-order valence-electron chi connectivity index (χ1n) is 6.99. The van der Waals surface area contributed by atoms with Crippen molar-refractivity contribution in [3.63, 3.8) is 0 Å². The van der Waals surface area contributed by atoms with Crippen molar-refractivity contribution in [2.45, 2.75) is 19.4 Å². The van der Waals surface area contributed by atoms with Gasteiger partial charge >= 0.3 is 0 Å². The average Bonchev–Trinajstić information content (AvgIpc) is 3.08. The third-order valence-corrected chi connectivity index (χ3v) is 4.61. The number of nitrogens with zero attached hydrogens (tertiary/aromatic N) is 1. The SMILES string of the molecule is Cc1ccc(C(=O)N[C@H]2CCN(c3ccc(F)cc3)C2=O)s1. The molecule has 114 valence electrons. The Morgan fingerprint density at radius 3 is 2.64 bits per heavy atom. The summed E-state index contributed by atoms with van der Waals surface area (Å²) in [5.74, 6) is -0.723. The molecule has 2 amide bonds. The molecule has 2 heterocycles. The maximum atomic E-state index is 12.9. The molecule has 1 aliphatic heterocycles. The molecule has 22 heavy (non-hydrogen) atoms. The molecule has 1 atom stereocenters. The van der Waals surface area contributed by atoms with Crippen LogP contribution in [-0.4, -0.2) is 24.4 Å². The van der Waals surface area contributed by atoms with Crippen LogP contribution >= 0.6 is 11.3 Å². The normalized spacial score (nSPS) is 17.8. The van der Waals surface area contributed by atoms with Crippen LogP contribution in [0, 0.1) is 12.7 Å². The van der Waals surface area contributed by atoms with Crippen LogP contribution in [0.2, 0.25) is 0 Å². The molecule has 0 bridgehead atoms. The Bertz CT molecular complexity index is 711. The van der Waals surface area contributed by atoms with Crippen molar-refractivity contribution in [2.24, 2.45) is 0 Å². The molecule has 1 N–H and O–H groups in total. The molecular formula is C16H15FN2O2S. The molecule has 1 fully saturated rings. The lowest BCUT2D eigenvalue weighted by molar-refractivity contribution is -0.118. The van der Waals surface area contributed by atoms with Crippen LogP contribution in [0.25, 0.3) is 0 Å². The van der Waals surface area contributed by atoms with E-state index in [2.05, 4.69) is 5.32 Å². The number of benzene rings is 1. The molecule has 1 aromatic carbocycles. The summed E-state index contributed by atoms with van der Waals surface area (Å²) in [4.78, 5) is 27.7. The van der Waals surface area contributed by atoms with Gasteiger partial charge in [-0.05, 0) is 49.7 Å². The fraction of sp³-hybridized carbons (Fsp3) is 0.250. The highest BCUT2D eigenvalue weighted by atomic mass is 32.1. The number of amides is 2. The van der Waals surface area contributed by atoms with Crippen molar-refractivity contribution in [1.29, 1.82) is 0 Å². The highest BCUT2D eigenvalue weighted by Gasteiger charge is 2.33. The lowest BCUT2D eigenvalue weighted by Crippen LogP contribution is -2.41. The van der Waals surface area contributed by atoms with E-state index >= 15 is 0 Å². The van der Waals surface area contributed by atoms with E-state index < -0.39 is 6.04 Å². The van der Waals surface area contributed by atoms with Crippen LogP contribution in [0.4, 0.5) is 10.1 Å². The molecule has 1 aliphatic rings. The van der Waals surface area contributed by atoms with Gasteiger partial charge in [-0.15, -0.1) is 11.3 Å². The number of hydrogen-bond donors (Lipinski definition) is 1. The predicted molar refractivity (Wildman–Crippen MR) is 83.7 cm³/mol. The van der Waals surface area contributed by atoms with Gasteiger partial charge in [-0.3, -0.25) is 9.59 Å². The van der Waals surface area contributed by atoms with E-state index in [-0.39, 0.29) is 17.6 Å². The van der Waals surface area contributed by atoms with Gasteiger partial charge < -0.3 is 10.2 Å². The number of carbonyl (C=O) groups excluding carboxylic acids is 2. The first-order chi connectivity index (χ1) is 10.5. The highest BCUT2D eigenvalue weighted by Crippen LogP contribution is 2.22. The van der Waals surface area contributed by atoms with Gasteiger partial charge in [-0.25, -0.2) is 4.39 Å². The van der Waals surface area contributed by atoms with Crippen LogP contribution in [0.5, 0.6) is 0 Å². The monoisotopic (exact) mass is 318 g/mol. The molecule has 0 spiro atoms. The van der Waals surface area contributed by atoms with E-state index in [1.807, 2.05) is 13.0 Å².